The Bertz CT molecular complexity index is 404. The summed E-state index contributed by atoms with van der Waals surface area (Å²) < 4.78 is 5.96. The minimum Gasteiger partial charge on any atom is -0.377 e. The van der Waals surface area contributed by atoms with Crippen LogP contribution in [0.5, 0.6) is 0 Å². The van der Waals surface area contributed by atoms with E-state index in [9.17, 15) is 0 Å². The second kappa shape index (κ2) is 4.52. The first kappa shape index (κ1) is 11.9. The average molecular weight is 272 g/mol. The first-order valence-corrected chi connectivity index (χ1v) is 7.67. The summed E-state index contributed by atoms with van der Waals surface area (Å²) in [6.07, 6.45) is 7.20. The molecule has 0 spiro atoms. The van der Waals surface area contributed by atoms with Crippen LogP contribution in [0.2, 0.25) is 0 Å². The predicted molar refractivity (Wildman–Crippen MR) is 70.8 cm³/mol. The molecule has 2 unspecified atom stereocenters. The van der Waals surface area contributed by atoms with E-state index in [1.54, 1.807) is 11.3 Å². The van der Waals surface area contributed by atoms with Crippen LogP contribution < -0.4 is 0 Å². The van der Waals surface area contributed by atoms with Crippen LogP contribution in [0.15, 0.2) is 6.20 Å². The van der Waals surface area contributed by atoms with E-state index in [4.69, 9.17) is 16.3 Å². The van der Waals surface area contributed by atoms with Crippen molar-refractivity contribution >= 4 is 22.9 Å². The van der Waals surface area contributed by atoms with Crippen LogP contribution in [0.1, 0.15) is 29.1 Å². The molecule has 17 heavy (non-hydrogen) atoms. The number of ether oxygens (including phenoxy) is 1. The number of aromatic nitrogens is 1. The van der Waals surface area contributed by atoms with Crippen molar-refractivity contribution in [1.29, 1.82) is 0 Å². The third-order valence-corrected chi connectivity index (χ3v) is 5.46. The van der Waals surface area contributed by atoms with E-state index in [0.717, 1.165) is 30.4 Å². The fourth-order valence-corrected chi connectivity index (χ4v) is 4.29. The normalized spacial score (nSPS) is 33.2. The fourth-order valence-electron chi connectivity index (χ4n) is 2.96. The van der Waals surface area contributed by atoms with Crippen molar-refractivity contribution in [2.75, 3.05) is 12.5 Å². The molecule has 1 aliphatic carbocycles. The maximum Gasteiger partial charge on any atom is 0.0896 e. The maximum absolute atomic E-state index is 6.29. The molecule has 94 valence electrons. The van der Waals surface area contributed by atoms with Crippen molar-refractivity contribution < 1.29 is 4.74 Å². The lowest BCUT2D eigenvalue weighted by molar-refractivity contribution is 0.0406. The minimum absolute atomic E-state index is 0.168. The monoisotopic (exact) mass is 271 g/mol. The highest BCUT2D eigenvalue weighted by molar-refractivity contribution is 7.11. The van der Waals surface area contributed by atoms with E-state index >= 15 is 0 Å². The molecule has 0 amide bonds. The van der Waals surface area contributed by atoms with E-state index in [1.807, 2.05) is 6.20 Å². The van der Waals surface area contributed by atoms with Gasteiger partial charge in [-0.3, -0.25) is 0 Å². The zero-order chi connectivity index (χ0) is 11.9. The van der Waals surface area contributed by atoms with Gasteiger partial charge in [-0.1, -0.05) is 0 Å². The second-order valence-electron chi connectivity index (χ2n) is 5.40. The molecule has 1 aromatic heterocycles. The molecule has 0 aromatic carbocycles. The van der Waals surface area contributed by atoms with Crippen LogP contribution in [-0.2, 0) is 11.2 Å². The summed E-state index contributed by atoms with van der Waals surface area (Å²) in [5, 5.41) is 1.15. The molecule has 2 aliphatic rings. The summed E-state index contributed by atoms with van der Waals surface area (Å²) in [4.78, 5) is 5.70. The largest absolute Gasteiger partial charge is 0.377 e. The van der Waals surface area contributed by atoms with Gasteiger partial charge < -0.3 is 4.74 Å². The Hall–Kier alpha value is -0.120. The van der Waals surface area contributed by atoms with Crippen LogP contribution in [0.4, 0.5) is 0 Å². The van der Waals surface area contributed by atoms with Gasteiger partial charge in [0.2, 0.25) is 0 Å². The highest BCUT2D eigenvalue weighted by atomic mass is 35.5. The molecule has 2 nitrogen and oxygen atoms in total. The van der Waals surface area contributed by atoms with Gasteiger partial charge in [0.1, 0.15) is 0 Å². The second-order valence-corrected chi connectivity index (χ2v) is 6.98. The van der Waals surface area contributed by atoms with Gasteiger partial charge in [-0.15, -0.1) is 22.9 Å². The fraction of sp³-hybridized carbons (Fsp3) is 0.769. The van der Waals surface area contributed by atoms with Gasteiger partial charge in [-0.2, -0.15) is 0 Å². The third-order valence-electron chi connectivity index (χ3n) is 4.01. The van der Waals surface area contributed by atoms with Crippen molar-refractivity contribution in [1.82, 2.24) is 4.98 Å². The van der Waals surface area contributed by atoms with E-state index < -0.39 is 0 Å². The number of aryl methyl sites for hydroxylation is 1. The van der Waals surface area contributed by atoms with Crippen LogP contribution in [0.25, 0.3) is 0 Å². The average Bonchev–Trinajstić information content (AvgIpc) is 2.96. The van der Waals surface area contributed by atoms with Gasteiger partial charge >= 0.3 is 0 Å². The zero-order valence-electron chi connectivity index (χ0n) is 10.1. The third kappa shape index (κ3) is 2.25. The number of hydrogen-bond acceptors (Lipinski definition) is 3. The van der Waals surface area contributed by atoms with Crippen molar-refractivity contribution in [2.24, 2.45) is 11.3 Å². The summed E-state index contributed by atoms with van der Waals surface area (Å²) in [6.45, 7) is 2.94. The van der Waals surface area contributed by atoms with Gasteiger partial charge in [-0.25, -0.2) is 4.98 Å². The molecule has 0 N–H and O–H groups in total. The van der Waals surface area contributed by atoms with E-state index in [-0.39, 0.29) is 5.41 Å². The van der Waals surface area contributed by atoms with E-state index in [2.05, 4.69) is 11.9 Å². The smallest absolute Gasteiger partial charge is 0.0896 e. The standard InChI is InChI=1S/C13H18ClNOS/c1-9-15-7-11(17-9)6-13(8-14)4-5-16-12(13)10-2-3-10/h7,10,12H,2-6,8H2,1H3. The molecule has 2 fully saturated rings. The van der Waals surface area contributed by atoms with Crippen LogP contribution >= 0.6 is 22.9 Å². The zero-order valence-corrected chi connectivity index (χ0v) is 11.7. The summed E-state index contributed by atoms with van der Waals surface area (Å²) in [7, 11) is 0. The highest BCUT2D eigenvalue weighted by Crippen LogP contribution is 2.50. The topological polar surface area (TPSA) is 22.1 Å². The first-order valence-electron chi connectivity index (χ1n) is 6.32. The molecule has 0 radical (unpaired) electrons. The molecule has 3 rings (SSSR count). The molecule has 1 saturated carbocycles. The lowest BCUT2D eigenvalue weighted by atomic mass is 9.77. The van der Waals surface area contributed by atoms with Crippen molar-refractivity contribution in [2.45, 2.75) is 38.7 Å². The summed E-state index contributed by atoms with van der Waals surface area (Å²) in [5.74, 6) is 1.48. The number of alkyl halides is 1. The number of hydrogen-bond donors (Lipinski definition) is 0. The van der Waals surface area contributed by atoms with Crippen molar-refractivity contribution in [3.05, 3.63) is 16.1 Å². The Kier molecular flexibility index (Phi) is 3.18. The number of nitrogens with zero attached hydrogens (tertiary/aromatic N) is 1. The molecular weight excluding hydrogens is 254 g/mol. The minimum atomic E-state index is 0.168. The summed E-state index contributed by atoms with van der Waals surface area (Å²) >= 11 is 8.09. The van der Waals surface area contributed by atoms with Crippen LogP contribution in [0.3, 0.4) is 0 Å². The maximum atomic E-state index is 6.29. The predicted octanol–water partition coefficient (Wildman–Crippen LogP) is 3.42. The van der Waals surface area contributed by atoms with Crippen LogP contribution in [-0.4, -0.2) is 23.6 Å². The van der Waals surface area contributed by atoms with Crippen molar-refractivity contribution in [3.8, 4) is 0 Å². The molecule has 1 aliphatic heterocycles. The van der Waals surface area contributed by atoms with Crippen LogP contribution in [0, 0.1) is 18.3 Å². The molecule has 1 aromatic rings. The lowest BCUT2D eigenvalue weighted by Gasteiger charge is -2.31. The van der Waals surface area contributed by atoms with Gasteiger partial charge in [-0.05, 0) is 38.5 Å². The van der Waals surface area contributed by atoms with Gasteiger partial charge in [0.05, 0.1) is 11.1 Å². The van der Waals surface area contributed by atoms with E-state index in [1.165, 1.54) is 17.7 Å². The van der Waals surface area contributed by atoms with Gasteiger partial charge in [0, 0.05) is 29.0 Å². The molecule has 1 saturated heterocycles. The Labute approximate surface area is 111 Å². The van der Waals surface area contributed by atoms with Gasteiger partial charge in [0.25, 0.3) is 0 Å². The molecule has 0 bridgehead atoms. The quantitative estimate of drug-likeness (QED) is 0.783. The number of halogens is 1. The lowest BCUT2D eigenvalue weighted by Crippen LogP contribution is -2.36. The highest BCUT2D eigenvalue weighted by Gasteiger charge is 2.50. The number of rotatable bonds is 4. The Morgan fingerprint density at radius 3 is 3.00 bits per heavy atom. The Morgan fingerprint density at radius 1 is 1.59 bits per heavy atom. The first-order chi connectivity index (χ1) is 8.23. The molecule has 4 heteroatoms. The van der Waals surface area contributed by atoms with Crippen molar-refractivity contribution in [3.63, 3.8) is 0 Å². The summed E-state index contributed by atoms with van der Waals surface area (Å²) in [5.41, 5.74) is 0.168. The Balaban J connectivity index is 1.80. The molecular formula is C13H18ClNOS. The summed E-state index contributed by atoms with van der Waals surface area (Å²) in [6, 6.07) is 0. The molecule has 2 atom stereocenters. The molecule has 2 heterocycles. The van der Waals surface area contributed by atoms with Gasteiger partial charge in [0.15, 0.2) is 0 Å². The SMILES string of the molecule is Cc1ncc(CC2(CCl)CCOC2C2CC2)s1. The van der Waals surface area contributed by atoms with E-state index in [0.29, 0.717) is 12.0 Å². The number of thiazole rings is 1. The Morgan fingerprint density at radius 2 is 2.41 bits per heavy atom.